The molecule has 0 fully saturated rings. The summed E-state index contributed by atoms with van der Waals surface area (Å²) in [7, 11) is 1.44. The van der Waals surface area contributed by atoms with Gasteiger partial charge in [-0.05, 0) is 36.4 Å². The number of nitrogens with one attached hydrogen (secondary N) is 1. The van der Waals surface area contributed by atoms with Crippen molar-refractivity contribution in [1.82, 2.24) is 25.6 Å². The van der Waals surface area contributed by atoms with Crippen molar-refractivity contribution in [2.45, 2.75) is 12.6 Å². The zero-order chi connectivity index (χ0) is 28.2. The fraction of sp³-hybridized carbons (Fsp3) is 0.160. The number of carbonyl (C=O) groups excluding carboxylic acids is 1. The molecule has 0 aliphatic rings. The maximum absolute atomic E-state index is 13.5. The monoisotopic (exact) mass is 552 g/mol. The van der Waals surface area contributed by atoms with Crippen LogP contribution in [-0.4, -0.2) is 45.2 Å². The molecule has 0 aliphatic heterocycles. The summed E-state index contributed by atoms with van der Waals surface area (Å²) in [5.41, 5.74) is -0.935. The van der Waals surface area contributed by atoms with Gasteiger partial charge in [0.1, 0.15) is 23.2 Å². The van der Waals surface area contributed by atoms with Gasteiger partial charge < -0.3 is 9.64 Å². The molecule has 2 heterocycles. The first-order valence-corrected chi connectivity index (χ1v) is 11.5. The molecule has 2 aromatic heterocycles. The standard InChI is InChI=1S/C25H16ClF3N8O2/c1-37(23-15(11-30)3-2-4-20(23)39-8-7-22-33-35-36-34-22)24(38)14-5-6-19(26)17(9-14)18-13-32-21(25(27,28)29)10-16(18)12-31/h2-6,9-10,13H,7-8H2,1H3,(H,33,34,35,36). The van der Waals surface area contributed by atoms with Crippen LogP contribution in [0.3, 0.4) is 0 Å². The lowest BCUT2D eigenvalue weighted by atomic mass is 9.99. The van der Waals surface area contributed by atoms with Gasteiger partial charge in [-0.25, -0.2) is 0 Å². The van der Waals surface area contributed by atoms with Crippen molar-refractivity contribution in [1.29, 1.82) is 10.5 Å². The van der Waals surface area contributed by atoms with Crippen LogP contribution < -0.4 is 9.64 Å². The Morgan fingerprint density at radius 2 is 1.90 bits per heavy atom. The average molecular weight is 553 g/mol. The summed E-state index contributed by atoms with van der Waals surface area (Å²) in [5, 5.41) is 32.7. The fourth-order valence-corrected chi connectivity index (χ4v) is 3.91. The molecule has 1 N–H and O–H groups in total. The van der Waals surface area contributed by atoms with Crippen molar-refractivity contribution in [2.75, 3.05) is 18.6 Å². The molecule has 0 saturated carbocycles. The van der Waals surface area contributed by atoms with Gasteiger partial charge in [0.05, 0.1) is 23.8 Å². The molecule has 0 atom stereocenters. The number of ether oxygens (including phenoxy) is 1. The molecule has 0 unspecified atom stereocenters. The lowest BCUT2D eigenvalue weighted by Gasteiger charge is -2.22. The van der Waals surface area contributed by atoms with Crippen LogP contribution in [0.25, 0.3) is 11.1 Å². The van der Waals surface area contributed by atoms with E-state index in [9.17, 15) is 28.5 Å². The third-order valence-electron chi connectivity index (χ3n) is 5.55. The third-order valence-corrected chi connectivity index (χ3v) is 5.88. The molecule has 196 valence electrons. The summed E-state index contributed by atoms with van der Waals surface area (Å²) in [6, 6.07) is 13.2. The molecule has 4 aromatic rings. The molecule has 2 aromatic carbocycles. The summed E-state index contributed by atoms with van der Waals surface area (Å²) < 4.78 is 45.1. The van der Waals surface area contributed by atoms with Gasteiger partial charge in [-0.1, -0.05) is 22.9 Å². The lowest BCUT2D eigenvalue weighted by Crippen LogP contribution is -2.27. The predicted octanol–water partition coefficient (Wildman–Crippen LogP) is 4.58. The Morgan fingerprint density at radius 3 is 2.56 bits per heavy atom. The van der Waals surface area contributed by atoms with Crippen molar-refractivity contribution >= 4 is 23.2 Å². The first-order chi connectivity index (χ1) is 18.6. The maximum Gasteiger partial charge on any atom is 0.433 e. The van der Waals surface area contributed by atoms with Crippen LogP contribution in [0.5, 0.6) is 5.75 Å². The van der Waals surface area contributed by atoms with Crippen LogP contribution in [0.1, 0.15) is 33.0 Å². The van der Waals surface area contributed by atoms with Crippen LogP contribution in [0, 0.1) is 22.7 Å². The van der Waals surface area contributed by atoms with Crippen LogP contribution >= 0.6 is 11.6 Å². The number of nitriles is 2. The number of para-hydroxylation sites is 1. The molecular weight excluding hydrogens is 537 g/mol. The molecule has 1 amide bonds. The normalized spacial score (nSPS) is 10.9. The highest BCUT2D eigenvalue weighted by molar-refractivity contribution is 6.33. The van der Waals surface area contributed by atoms with Crippen LogP contribution in [0.2, 0.25) is 5.02 Å². The van der Waals surface area contributed by atoms with E-state index in [4.69, 9.17) is 16.3 Å². The molecule has 0 spiro atoms. The zero-order valence-corrected chi connectivity index (χ0v) is 20.7. The smallest absolute Gasteiger partial charge is 0.433 e. The lowest BCUT2D eigenvalue weighted by molar-refractivity contribution is -0.141. The molecular formula is C25H16ClF3N8O2. The average Bonchev–Trinajstić information content (AvgIpc) is 3.45. The van der Waals surface area contributed by atoms with Crippen molar-refractivity contribution in [3.8, 4) is 29.0 Å². The highest BCUT2D eigenvalue weighted by Gasteiger charge is 2.33. The van der Waals surface area contributed by atoms with Gasteiger partial charge in [-0.3, -0.25) is 9.78 Å². The Bertz CT molecular complexity index is 1610. The fourth-order valence-electron chi connectivity index (χ4n) is 3.69. The molecule has 0 saturated heterocycles. The van der Waals surface area contributed by atoms with Gasteiger partial charge in [0.15, 0.2) is 5.82 Å². The number of pyridine rings is 1. The summed E-state index contributed by atoms with van der Waals surface area (Å²) in [4.78, 5) is 18.1. The molecule has 10 nitrogen and oxygen atoms in total. The summed E-state index contributed by atoms with van der Waals surface area (Å²) in [6.45, 7) is 0.131. The Hall–Kier alpha value is -5.01. The van der Waals surface area contributed by atoms with Gasteiger partial charge in [0, 0.05) is 41.4 Å². The number of tetrazole rings is 1. The number of nitrogens with zero attached hydrogens (tertiary/aromatic N) is 7. The van der Waals surface area contributed by atoms with Crippen molar-refractivity contribution in [3.05, 3.63) is 81.9 Å². The van der Waals surface area contributed by atoms with E-state index in [2.05, 4.69) is 25.6 Å². The summed E-state index contributed by atoms with van der Waals surface area (Å²) >= 11 is 6.30. The molecule has 0 aliphatic carbocycles. The van der Waals surface area contributed by atoms with E-state index in [1.165, 1.54) is 36.2 Å². The van der Waals surface area contributed by atoms with Gasteiger partial charge in [-0.2, -0.15) is 28.9 Å². The van der Waals surface area contributed by atoms with E-state index >= 15 is 0 Å². The zero-order valence-electron chi connectivity index (χ0n) is 20.0. The Balaban J connectivity index is 1.67. The number of amides is 1. The van der Waals surface area contributed by atoms with E-state index in [1.807, 2.05) is 6.07 Å². The molecule has 0 bridgehead atoms. The highest BCUT2D eigenvalue weighted by Crippen LogP contribution is 2.36. The molecule has 14 heteroatoms. The number of carbonyl (C=O) groups is 1. The Morgan fingerprint density at radius 1 is 1.13 bits per heavy atom. The summed E-state index contributed by atoms with van der Waals surface area (Å²) in [6.07, 6.45) is -3.54. The van der Waals surface area contributed by atoms with Crippen molar-refractivity contribution in [2.24, 2.45) is 0 Å². The molecule has 4 rings (SSSR count). The van der Waals surface area contributed by atoms with E-state index in [0.29, 0.717) is 18.3 Å². The van der Waals surface area contributed by atoms with E-state index in [1.54, 1.807) is 18.2 Å². The van der Waals surface area contributed by atoms with Gasteiger partial charge in [0.25, 0.3) is 5.91 Å². The number of rotatable bonds is 7. The summed E-state index contributed by atoms with van der Waals surface area (Å²) in [5.74, 6) is 0.0962. The third kappa shape index (κ3) is 5.79. The first-order valence-electron chi connectivity index (χ1n) is 11.1. The van der Waals surface area contributed by atoms with Gasteiger partial charge >= 0.3 is 6.18 Å². The van der Waals surface area contributed by atoms with Crippen molar-refractivity contribution < 1.29 is 22.7 Å². The van der Waals surface area contributed by atoms with E-state index in [0.717, 1.165) is 6.20 Å². The predicted molar refractivity (Wildman–Crippen MR) is 132 cm³/mol. The number of aromatic nitrogens is 5. The number of halogens is 4. The van der Waals surface area contributed by atoms with Crippen LogP contribution in [0.4, 0.5) is 18.9 Å². The quantitative estimate of drug-likeness (QED) is 0.351. The Kier molecular flexibility index (Phi) is 7.74. The SMILES string of the molecule is CN(C(=O)c1ccc(Cl)c(-c2cnc(C(F)(F)F)cc2C#N)c1)c1c(C#N)cccc1OCCc1nn[nH]n1. The minimum Gasteiger partial charge on any atom is -0.491 e. The maximum atomic E-state index is 13.5. The number of alkyl halides is 3. The van der Waals surface area contributed by atoms with Crippen LogP contribution in [-0.2, 0) is 12.6 Å². The minimum atomic E-state index is -4.74. The minimum absolute atomic E-state index is 0.0238. The second-order valence-electron chi connectivity index (χ2n) is 7.97. The Labute approximate surface area is 224 Å². The second kappa shape index (κ2) is 11.2. The topological polar surface area (TPSA) is 144 Å². The van der Waals surface area contributed by atoms with Crippen LogP contribution in [0.15, 0.2) is 48.7 Å². The van der Waals surface area contributed by atoms with Gasteiger partial charge in [-0.15, -0.1) is 10.2 Å². The van der Waals surface area contributed by atoms with Crippen molar-refractivity contribution in [3.63, 3.8) is 0 Å². The first kappa shape index (κ1) is 27.0. The molecule has 0 radical (unpaired) electrons. The highest BCUT2D eigenvalue weighted by atomic mass is 35.5. The number of benzene rings is 2. The number of H-pyrrole nitrogens is 1. The number of anilines is 1. The van der Waals surface area contributed by atoms with E-state index in [-0.39, 0.29) is 50.9 Å². The van der Waals surface area contributed by atoms with Gasteiger partial charge in [0.2, 0.25) is 0 Å². The number of hydrogen-bond acceptors (Lipinski definition) is 8. The van der Waals surface area contributed by atoms with E-state index < -0.39 is 17.8 Å². The second-order valence-corrected chi connectivity index (χ2v) is 8.38. The largest absolute Gasteiger partial charge is 0.491 e. The number of aromatic amines is 1. The molecule has 39 heavy (non-hydrogen) atoms. The number of hydrogen-bond donors (Lipinski definition) is 1.